The zero-order valence-electron chi connectivity index (χ0n) is 8.77. The van der Waals surface area contributed by atoms with Gasteiger partial charge in [-0.3, -0.25) is 0 Å². The third-order valence-electron chi connectivity index (χ3n) is 2.07. The van der Waals surface area contributed by atoms with E-state index in [4.69, 9.17) is 11.6 Å². The molecule has 0 unspecified atom stereocenters. The van der Waals surface area contributed by atoms with Gasteiger partial charge in [0.2, 0.25) is 0 Å². The molecule has 6 heteroatoms. The summed E-state index contributed by atoms with van der Waals surface area (Å²) in [6.07, 6.45) is -4.63. The molecule has 1 aromatic rings. The maximum Gasteiger partial charge on any atom is 0.416 e. The topological polar surface area (TPSA) is 26.3 Å². The van der Waals surface area contributed by atoms with E-state index in [-0.39, 0.29) is 16.1 Å². The second-order valence-corrected chi connectivity index (χ2v) is 3.54. The molecule has 1 aromatic carbocycles. The van der Waals surface area contributed by atoms with Crippen LogP contribution in [0.3, 0.4) is 0 Å². The van der Waals surface area contributed by atoms with Gasteiger partial charge in [0.05, 0.1) is 23.3 Å². The first-order valence-electron chi connectivity index (χ1n) is 4.42. The number of rotatable bonds is 2. The van der Waals surface area contributed by atoms with Crippen molar-refractivity contribution in [3.8, 4) is 0 Å². The standard InChI is InChI=1S/C11H8ClF3O2/c1-6(11(13,14)15)7-4-3-5-8(12)9(7)10(16)17-2/h3-5H,1H2,2H3. The van der Waals surface area contributed by atoms with Crippen LogP contribution in [0.2, 0.25) is 5.02 Å². The quantitative estimate of drug-likeness (QED) is 0.761. The lowest BCUT2D eigenvalue weighted by atomic mass is 10.0. The van der Waals surface area contributed by atoms with Gasteiger partial charge in [-0.05, 0) is 6.07 Å². The van der Waals surface area contributed by atoms with Crippen LogP contribution in [-0.4, -0.2) is 19.3 Å². The second kappa shape index (κ2) is 4.79. The highest BCUT2D eigenvalue weighted by atomic mass is 35.5. The molecular weight excluding hydrogens is 257 g/mol. The summed E-state index contributed by atoms with van der Waals surface area (Å²) in [4.78, 5) is 11.4. The van der Waals surface area contributed by atoms with Crippen molar-refractivity contribution in [1.82, 2.24) is 0 Å². The van der Waals surface area contributed by atoms with Gasteiger partial charge in [-0.15, -0.1) is 0 Å². The van der Waals surface area contributed by atoms with Crippen LogP contribution in [0.5, 0.6) is 0 Å². The van der Waals surface area contributed by atoms with Gasteiger partial charge in [-0.2, -0.15) is 13.2 Å². The summed E-state index contributed by atoms with van der Waals surface area (Å²) in [6, 6.07) is 3.73. The summed E-state index contributed by atoms with van der Waals surface area (Å²) in [5.41, 5.74) is -1.85. The fraction of sp³-hybridized carbons (Fsp3) is 0.182. The second-order valence-electron chi connectivity index (χ2n) is 3.13. The Morgan fingerprint density at radius 1 is 1.41 bits per heavy atom. The van der Waals surface area contributed by atoms with E-state index < -0.39 is 17.7 Å². The maximum atomic E-state index is 12.5. The minimum absolute atomic E-state index is 0.111. The van der Waals surface area contributed by atoms with Crippen LogP contribution in [-0.2, 0) is 4.74 Å². The normalized spacial score (nSPS) is 11.1. The van der Waals surface area contributed by atoms with Gasteiger partial charge in [0.25, 0.3) is 0 Å². The van der Waals surface area contributed by atoms with Crippen LogP contribution in [0, 0.1) is 0 Å². The molecule has 0 atom stereocenters. The van der Waals surface area contributed by atoms with Crippen LogP contribution in [0.4, 0.5) is 13.2 Å². The predicted octanol–water partition coefficient (Wildman–Crippen LogP) is 3.70. The first-order valence-corrected chi connectivity index (χ1v) is 4.80. The molecule has 0 fully saturated rings. The number of esters is 1. The summed E-state index contributed by atoms with van der Waals surface area (Å²) >= 11 is 5.69. The highest BCUT2D eigenvalue weighted by molar-refractivity contribution is 6.34. The van der Waals surface area contributed by atoms with E-state index in [1.165, 1.54) is 12.1 Å². The van der Waals surface area contributed by atoms with Crippen molar-refractivity contribution in [2.24, 2.45) is 0 Å². The lowest BCUT2D eigenvalue weighted by Gasteiger charge is -2.14. The Labute approximate surface area is 101 Å². The summed E-state index contributed by atoms with van der Waals surface area (Å²) in [6.45, 7) is 2.92. The van der Waals surface area contributed by atoms with E-state index in [0.717, 1.165) is 13.2 Å². The number of methoxy groups -OCH3 is 1. The monoisotopic (exact) mass is 264 g/mol. The first-order chi connectivity index (χ1) is 7.79. The lowest BCUT2D eigenvalue weighted by Crippen LogP contribution is -2.14. The molecule has 0 bridgehead atoms. The molecule has 0 aliphatic heterocycles. The van der Waals surface area contributed by atoms with E-state index in [0.29, 0.717) is 0 Å². The summed E-state index contributed by atoms with van der Waals surface area (Å²) in [5.74, 6) is -0.934. The fourth-order valence-electron chi connectivity index (χ4n) is 1.24. The smallest absolute Gasteiger partial charge is 0.416 e. The Morgan fingerprint density at radius 3 is 2.47 bits per heavy atom. The lowest BCUT2D eigenvalue weighted by molar-refractivity contribution is -0.0686. The average Bonchev–Trinajstić information content (AvgIpc) is 2.25. The molecule has 0 spiro atoms. The Kier molecular flexibility index (Phi) is 3.83. The number of hydrogen-bond acceptors (Lipinski definition) is 2. The molecule has 0 aliphatic carbocycles. The van der Waals surface area contributed by atoms with Crippen LogP contribution < -0.4 is 0 Å². The summed E-state index contributed by atoms with van der Waals surface area (Å²) in [7, 11) is 1.06. The van der Waals surface area contributed by atoms with Gasteiger partial charge in [0.1, 0.15) is 0 Å². The van der Waals surface area contributed by atoms with Gasteiger partial charge in [-0.1, -0.05) is 30.3 Å². The Morgan fingerprint density at radius 2 is 2.00 bits per heavy atom. The van der Waals surface area contributed by atoms with Crippen LogP contribution in [0.15, 0.2) is 24.8 Å². The zero-order valence-corrected chi connectivity index (χ0v) is 9.52. The Hall–Kier alpha value is -1.49. The zero-order chi connectivity index (χ0) is 13.2. The molecule has 0 aliphatic rings. The summed E-state index contributed by atoms with van der Waals surface area (Å²) < 4.78 is 41.9. The predicted molar refractivity (Wildman–Crippen MR) is 57.9 cm³/mol. The molecule has 0 amide bonds. The van der Waals surface area contributed by atoms with Crippen molar-refractivity contribution in [2.75, 3.05) is 7.11 Å². The van der Waals surface area contributed by atoms with Gasteiger partial charge < -0.3 is 4.74 Å². The third kappa shape index (κ3) is 2.79. The van der Waals surface area contributed by atoms with E-state index >= 15 is 0 Å². The van der Waals surface area contributed by atoms with Crippen molar-refractivity contribution in [3.05, 3.63) is 40.9 Å². The number of ether oxygens (including phenoxy) is 1. The van der Waals surface area contributed by atoms with E-state index in [1.54, 1.807) is 0 Å². The van der Waals surface area contributed by atoms with Gasteiger partial charge in [0, 0.05) is 5.56 Å². The molecule has 0 heterocycles. The maximum absolute atomic E-state index is 12.5. The molecule has 0 N–H and O–H groups in total. The van der Waals surface area contributed by atoms with Crippen molar-refractivity contribution in [1.29, 1.82) is 0 Å². The minimum Gasteiger partial charge on any atom is -0.465 e. The molecule has 0 saturated carbocycles. The highest BCUT2D eigenvalue weighted by Crippen LogP contribution is 2.36. The average molecular weight is 265 g/mol. The molecule has 1 rings (SSSR count). The molecule has 2 nitrogen and oxygen atoms in total. The fourth-order valence-corrected chi connectivity index (χ4v) is 1.49. The molecule has 0 aromatic heterocycles. The van der Waals surface area contributed by atoms with Crippen LogP contribution >= 0.6 is 11.6 Å². The largest absolute Gasteiger partial charge is 0.465 e. The number of benzene rings is 1. The van der Waals surface area contributed by atoms with E-state index in [9.17, 15) is 18.0 Å². The Bertz CT molecular complexity index is 466. The van der Waals surface area contributed by atoms with Crippen molar-refractivity contribution >= 4 is 23.1 Å². The van der Waals surface area contributed by atoms with Gasteiger partial charge in [0.15, 0.2) is 0 Å². The van der Waals surface area contributed by atoms with Crippen molar-refractivity contribution < 1.29 is 22.7 Å². The van der Waals surface area contributed by atoms with Crippen molar-refractivity contribution in [2.45, 2.75) is 6.18 Å². The molecular formula is C11H8ClF3O2. The van der Waals surface area contributed by atoms with Gasteiger partial charge >= 0.3 is 12.1 Å². The van der Waals surface area contributed by atoms with E-state index in [2.05, 4.69) is 11.3 Å². The van der Waals surface area contributed by atoms with Crippen LogP contribution in [0.1, 0.15) is 15.9 Å². The molecule has 0 saturated heterocycles. The molecule has 17 heavy (non-hydrogen) atoms. The van der Waals surface area contributed by atoms with Gasteiger partial charge in [-0.25, -0.2) is 4.79 Å². The molecule has 92 valence electrons. The first kappa shape index (κ1) is 13.6. The number of carbonyl (C=O) groups is 1. The minimum atomic E-state index is -4.63. The van der Waals surface area contributed by atoms with Crippen LogP contribution in [0.25, 0.3) is 5.57 Å². The third-order valence-corrected chi connectivity index (χ3v) is 2.39. The number of carbonyl (C=O) groups excluding carboxylic acids is 1. The molecule has 0 radical (unpaired) electrons. The SMILES string of the molecule is C=C(c1cccc(Cl)c1C(=O)OC)C(F)(F)F. The Balaban J connectivity index is 3.40. The number of allylic oxidation sites excluding steroid dienone is 1. The highest BCUT2D eigenvalue weighted by Gasteiger charge is 2.35. The van der Waals surface area contributed by atoms with Crippen molar-refractivity contribution in [3.63, 3.8) is 0 Å². The number of alkyl halides is 3. The number of halogens is 4. The van der Waals surface area contributed by atoms with E-state index in [1.807, 2.05) is 0 Å². The number of hydrogen-bond donors (Lipinski definition) is 0. The summed E-state index contributed by atoms with van der Waals surface area (Å²) in [5, 5.41) is -0.111.